The van der Waals surface area contributed by atoms with E-state index in [1.807, 2.05) is 0 Å². The molecule has 0 saturated carbocycles. The lowest BCUT2D eigenvalue weighted by molar-refractivity contribution is -0.144. The number of carbonyl (C=O) groups is 1. The van der Waals surface area contributed by atoms with E-state index >= 15 is 0 Å². The first-order chi connectivity index (χ1) is 8.23. The number of halogens is 3. The Labute approximate surface area is 100 Å². The van der Waals surface area contributed by atoms with Crippen LogP contribution in [-0.2, 0) is 12.7 Å². The Balaban J connectivity index is 2.95. The summed E-state index contributed by atoms with van der Waals surface area (Å²) in [7, 11) is 0. The largest absolute Gasteiger partial charge is 0.476 e. The highest BCUT2D eigenvalue weighted by atomic mass is 19.4. The number of aliphatic hydroxyl groups is 1. The Morgan fingerprint density at radius 2 is 2.11 bits per heavy atom. The van der Waals surface area contributed by atoms with Crippen LogP contribution in [0.5, 0.6) is 0 Å². The van der Waals surface area contributed by atoms with E-state index in [0.29, 0.717) is 11.1 Å². The minimum absolute atomic E-state index is 0.153. The highest BCUT2D eigenvalue weighted by Gasteiger charge is 2.41. The maximum atomic E-state index is 12.7. The molecule has 1 aromatic rings. The zero-order valence-corrected chi connectivity index (χ0v) is 9.48. The molecule has 18 heavy (non-hydrogen) atoms. The van der Waals surface area contributed by atoms with Crippen molar-refractivity contribution in [1.29, 1.82) is 0 Å². The average Bonchev–Trinajstić information content (AvgIpc) is 2.60. The molecule has 2 N–H and O–H groups in total. The van der Waals surface area contributed by atoms with Crippen molar-refractivity contribution in [3.63, 3.8) is 0 Å². The van der Waals surface area contributed by atoms with Crippen molar-refractivity contribution in [2.75, 3.05) is 0 Å². The predicted molar refractivity (Wildman–Crippen MR) is 52.9 cm³/mol. The molecule has 0 aliphatic carbocycles. The van der Waals surface area contributed by atoms with Crippen LogP contribution in [0, 0.1) is 0 Å². The number of aromatic nitrogens is 3. The van der Waals surface area contributed by atoms with Crippen LogP contribution in [-0.4, -0.2) is 37.3 Å². The summed E-state index contributed by atoms with van der Waals surface area (Å²) in [4.78, 5) is 10.6. The first-order valence-corrected chi connectivity index (χ1v) is 5.15. The summed E-state index contributed by atoms with van der Waals surface area (Å²) >= 11 is 0. The molecule has 0 aliphatic heterocycles. The van der Waals surface area contributed by atoms with E-state index in [-0.39, 0.29) is 13.0 Å². The molecule has 0 fully saturated rings. The molecule has 0 radical (unpaired) electrons. The Morgan fingerprint density at radius 1 is 1.50 bits per heavy atom. The van der Waals surface area contributed by atoms with Gasteiger partial charge in [0.1, 0.15) is 0 Å². The Bertz CT molecular complexity index is 428. The van der Waals surface area contributed by atoms with Gasteiger partial charge in [-0.05, 0) is 19.8 Å². The highest BCUT2D eigenvalue weighted by Crippen LogP contribution is 2.31. The van der Waals surface area contributed by atoms with E-state index < -0.39 is 29.6 Å². The molecular weight excluding hydrogens is 255 g/mol. The maximum Gasteiger partial charge on any atom is 0.435 e. The summed E-state index contributed by atoms with van der Waals surface area (Å²) in [6.07, 6.45) is -4.94. The third kappa shape index (κ3) is 3.42. The van der Waals surface area contributed by atoms with Gasteiger partial charge in [0.15, 0.2) is 5.69 Å². The highest BCUT2D eigenvalue weighted by molar-refractivity contribution is 5.86. The maximum absolute atomic E-state index is 12.7. The molecule has 0 amide bonds. The van der Waals surface area contributed by atoms with Crippen molar-refractivity contribution in [3.8, 4) is 0 Å². The fourth-order valence-corrected chi connectivity index (χ4v) is 1.43. The lowest BCUT2D eigenvalue weighted by Gasteiger charge is -2.10. The number of hydrogen-bond acceptors (Lipinski definition) is 4. The van der Waals surface area contributed by atoms with Gasteiger partial charge in [0.05, 0.1) is 6.10 Å². The molecule has 1 heterocycles. The number of carboxylic acids is 1. The Hall–Kier alpha value is -1.64. The summed E-state index contributed by atoms with van der Waals surface area (Å²) in [5.74, 6) is -1.77. The minimum Gasteiger partial charge on any atom is -0.476 e. The van der Waals surface area contributed by atoms with Crippen LogP contribution >= 0.6 is 0 Å². The van der Waals surface area contributed by atoms with E-state index in [1.165, 1.54) is 6.92 Å². The van der Waals surface area contributed by atoms with Crippen molar-refractivity contribution >= 4 is 5.97 Å². The second kappa shape index (κ2) is 5.34. The van der Waals surface area contributed by atoms with E-state index in [2.05, 4.69) is 10.3 Å². The first kappa shape index (κ1) is 14.4. The second-order valence-corrected chi connectivity index (χ2v) is 3.80. The zero-order valence-electron chi connectivity index (χ0n) is 9.48. The summed E-state index contributed by atoms with van der Waals surface area (Å²) in [6.45, 7) is 1.36. The summed E-state index contributed by atoms with van der Waals surface area (Å²) in [5, 5.41) is 23.8. The number of nitrogens with zero attached hydrogens (tertiary/aromatic N) is 3. The molecule has 0 saturated heterocycles. The molecule has 0 aromatic carbocycles. The van der Waals surface area contributed by atoms with Gasteiger partial charge in [0.2, 0.25) is 5.69 Å². The summed E-state index contributed by atoms with van der Waals surface area (Å²) < 4.78 is 38.5. The van der Waals surface area contributed by atoms with Gasteiger partial charge in [0.25, 0.3) is 0 Å². The number of aryl methyl sites for hydroxylation is 1. The molecule has 6 nitrogen and oxygen atoms in total. The molecule has 1 atom stereocenters. The summed E-state index contributed by atoms with van der Waals surface area (Å²) in [5.41, 5.74) is -2.49. The second-order valence-electron chi connectivity index (χ2n) is 3.80. The SMILES string of the molecule is CC(O)CCCn1nnc(C(=O)O)c1C(F)(F)F. The van der Waals surface area contributed by atoms with E-state index in [0.717, 1.165) is 0 Å². The van der Waals surface area contributed by atoms with Gasteiger partial charge in [-0.25, -0.2) is 9.48 Å². The first-order valence-electron chi connectivity index (χ1n) is 5.15. The van der Waals surface area contributed by atoms with E-state index in [1.54, 1.807) is 0 Å². The van der Waals surface area contributed by atoms with Gasteiger partial charge in [-0.15, -0.1) is 5.10 Å². The molecule has 9 heteroatoms. The molecule has 0 spiro atoms. The third-order valence-corrected chi connectivity index (χ3v) is 2.20. The number of hydrogen-bond donors (Lipinski definition) is 2. The predicted octanol–water partition coefficient (Wildman–Crippen LogP) is 1.16. The van der Waals surface area contributed by atoms with Crippen LogP contribution < -0.4 is 0 Å². The normalized spacial score (nSPS) is 13.6. The molecule has 102 valence electrons. The summed E-state index contributed by atoms with van der Waals surface area (Å²) in [6, 6.07) is 0. The fourth-order valence-electron chi connectivity index (χ4n) is 1.43. The quantitative estimate of drug-likeness (QED) is 0.835. The number of aromatic carboxylic acids is 1. The van der Waals surface area contributed by atoms with Crippen LogP contribution in [0.1, 0.15) is 35.9 Å². The third-order valence-electron chi connectivity index (χ3n) is 2.20. The molecule has 0 bridgehead atoms. The van der Waals surface area contributed by atoms with Crippen molar-refractivity contribution in [2.45, 2.75) is 38.6 Å². The standard InChI is InChI=1S/C9H12F3N3O3/c1-5(16)3-2-4-15-7(9(10,11)12)6(8(17)18)13-14-15/h5,16H,2-4H2,1H3,(H,17,18). The van der Waals surface area contributed by atoms with Crippen LogP contribution in [0.2, 0.25) is 0 Å². The topological polar surface area (TPSA) is 88.2 Å². The molecule has 1 aromatic heterocycles. The van der Waals surface area contributed by atoms with E-state index in [4.69, 9.17) is 10.2 Å². The van der Waals surface area contributed by atoms with Gasteiger partial charge in [0, 0.05) is 6.54 Å². The molecule has 0 aliphatic rings. The van der Waals surface area contributed by atoms with Crippen molar-refractivity contribution < 1.29 is 28.2 Å². The van der Waals surface area contributed by atoms with Crippen LogP contribution in [0.25, 0.3) is 0 Å². The minimum atomic E-state index is -4.83. The van der Waals surface area contributed by atoms with Gasteiger partial charge in [-0.3, -0.25) is 0 Å². The van der Waals surface area contributed by atoms with Gasteiger partial charge in [-0.1, -0.05) is 5.21 Å². The monoisotopic (exact) mass is 267 g/mol. The fraction of sp³-hybridized carbons (Fsp3) is 0.667. The molecule has 1 rings (SSSR count). The zero-order chi connectivity index (χ0) is 13.9. The number of rotatable bonds is 5. The number of carboxylic acid groups (broad SMARTS) is 1. The van der Waals surface area contributed by atoms with Crippen LogP contribution in [0.15, 0.2) is 0 Å². The molecule has 1 unspecified atom stereocenters. The smallest absolute Gasteiger partial charge is 0.435 e. The van der Waals surface area contributed by atoms with Gasteiger partial charge >= 0.3 is 12.1 Å². The number of alkyl halides is 3. The van der Waals surface area contributed by atoms with Crippen molar-refractivity contribution in [3.05, 3.63) is 11.4 Å². The average molecular weight is 267 g/mol. The van der Waals surface area contributed by atoms with Crippen molar-refractivity contribution in [2.24, 2.45) is 0 Å². The van der Waals surface area contributed by atoms with Crippen LogP contribution in [0.4, 0.5) is 13.2 Å². The van der Waals surface area contributed by atoms with Gasteiger partial charge in [-0.2, -0.15) is 13.2 Å². The lowest BCUT2D eigenvalue weighted by atomic mass is 10.2. The Morgan fingerprint density at radius 3 is 2.56 bits per heavy atom. The van der Waals surface area contributed by atoms with Crippen LogP contribution in [0.3, 0.4) is 0 Å². The Kier molecular flexibility index (Phi) is 4.28. The molecular formula is C9H12F3N3O3. The van der Waals surface area contributed by atoms with Crippen molar-refractivity contribution in [1.82, 2.24) is 15.0 Å². The van der Waals surface area contributed by atoms with E-state index in [9.17, 15) is 18.0 Å². The number of aliphatic hydroxyl groups excluding tert-OH is 1. The lowest BCUT2D eigenvalue weighted by Crippen LogP contribution is -2.19. The van der Waals surface area contributed by atoms with Gasteiger partial charge < -0.3 is 10.2 Å².